The Kier molecular flexibility index (Phi) is 38.9. The molecule has 0 aliphatic carbocycles. The lowest BCUT2D eigenvalue weighted by Gasteiger charge is -2.42. The van der Waals surface area contributed by atoms with Crippen molar-refractivity contribution in [2.75, 3.05) is 92.1 Å². The first-order chi connectivity index (χ1) is 35.1. The van der Waals surface area contributed by atoms with Gasteiger partial charge in [-0.25, -0.2) is 0 Å². The van der Waals surface area contributed by atoms with Gasteiger partial charge in [-0.2, -0.15) is 0 Å². The lowest BCUT2D eigenvalue weighted by Crippen LogP contribution is -2.64. The molecule has 5 atom stereocenters. The summed E-state index contributed by atoms with van der Waals surface area (Å²) in [4.78, 5) is 87.0. The van der Waals surface area contributed by atoms with Gasteiger partial charge in [0.25, 0.3) is 0 Å². The summed E-state index contributed by atoms with van der Waals surface area (Å²) < 4.78 is 29.2. The molecular weight excluding hydrogens is 953 g/mol. The topological polar surface area (TPSA) is 351 Å². The molecule has 1 fully saturated rings. The fourth-order valence-electron chi connectivity index (χ4n) is 7.58. The number of amides is 6. The van der Waals surface area contributed by atoms with Crippen LogP contribution in [0.3, 0.4) is 0 Å². The van der Waals surface area contributed by atoms with E-state index in [4.69, 9.17) is 35.2 Å². The third kappa shape index (κ3) is 33.6. The van der Waals surface area contributed by atoms with E-state index in [9.17, 15) is 48.9 Å². The van der Waals surface area contributed by atoms with Crippen molar-refractivity contribution < 1.29 is 72.6 Å². The van der Waals surface area contributed by atoms with Gasteiger partial charge in [0.05, 0.1) is 46.2 Å². The molecule has 73 heavy (non-hydrogen) atoms. The molecular formula is C50H94N8O15. The number of aliphatic hydroxyl groups excluding tert-OH is 3. The summed E-state index contributed by atoms with van der Waals surface area (Å²) in [5.74, 6) is -1.22. The first-order valence-electron chi connectivity index (χ1n) is 26.6. The Hall–Kier alpha value is -3.91. The molecule has 0 bridgehead atoms. The van der Waals surface area contributed by atoms with Crippen molar-refractivity contribution in [3.05, 3.63) is 0 Å². The van der Waals surface area contributed by atoms with Crippen molar-refractivity contribution in [1.29, 1.82) is 0 Å². The van der Waals surface area contributed by atoms with E-state index in [2.05, 4.69) is 31.9 Å². The summed E-state index contributed by atoms with van der Waals surface area (Å²) in [6.07, 6.45) is 6.47. The van der Waals surface area contributed by atoms with Gasteiger partial charge in [-0.1, -0.05) is 52.4 Å². The van der Waals surface area contributed by atoms with Crippen LogP contribution in [-0.2, 0) is 57.2 Å². The Morgan fingerprint density at radius 1 is 0.548 bits per heavy atom. The molecule has 0 aromatic heterocycles. The van der Waals surface area contributed by atoms with Crippen molar-refractivity contribution in [3.63, 3.8) is 0 Å². The molecule has 0 aromatic carbocycles. The SMILES string of the molecule is CC(=O)NC1C(O)[C@H](O)C(CO)O[C@H]1OCCCCC(=O)NCCCNC(=O)CCOCC(COCCC(=O)NCCCN)(COCCC(=O)NCCCN)NC(=O)CCCCCCCCCCC(=O)C(C)C. The Morgan fingerprint density at radius 3 is 1.42 bits per heavy atom. The van der Waals surface area contributed by atoms with Crippen LogP contribution >= 0.6 is 0 Å². The zero-order valence-corrected chi connectivity index (χ0v) is 44.2. The molecule has 0 spiro atoms. The standard InChI is InChI=1S/C50H94N8O15/c1-37(2)39(61)17-10-8-6-4-5-7-9-11-19-45(66)58-50(34-69-30-20-42(63)53-25-14-23-51,35-70-31-21-43(64)54-26-15-24-52)36-71-32-22-44(65)56-28-16-27-55-41(62)18-12-13-29-72-49-46(57-38(3)60)48(68)47(67)40(33-59)73-49/h37,40,46-49,59,67-68H,4-36,51-52H2,1-3H3,(H,53,63)(H,54,64)(H,55,62)(H,56,65)(H,57,60)(H,58,66)/t40?,46?,47-,48?,49-/m1/s1. The van der Waals surface area contributed by atoms with E-state index >= 15 is 0 Å². The van der Waals surface area contributed by atoms with Gasteiger partial charge in [-0.15, -0.1) is 0 Å². The molecule has 0 radical (unpaired) electrons. The molecule has 1 aliphatic rings. The third-order valence-electron chi connectivity index (χ3n) is 11.9. The minimum atomic E-state index is -1.42. The van der Waals surface area contributed by atoms with Crippen molar-refractivity contribution in [3.8, 4) is 0 Å². The van der Waals surface area contributed by atoms with Crippen molar-refractivity contribution in [1.82, 2.24) is 31.9 Å². The first-order valence-corrected chi connectivity index (χ1v) is 26.6. The van der Waals surface area contributed by atoms with Crippen molar-refractivity contribution in [2.24, 2.45) is 17.4 Å². The molecule has 13 N–H and O–H groups in total. The van der Waals surface area contributed by atoms with E-state index < -0.39 is 48.7 Å². The van der Waals surface area contributed by atoms with Gasteiger partial charge in [-0.3, -0.25) is 33.6 Å². The van der Waals surface area contributed by atoms with Crippen LogP contribution in [0.2, 0.25) is 0 Å². The maximum Gasteiger partial charge on any atom is 0.222 e. The molecule has 1 aliphatic heterocycles. The predicted molar refractivity (Wildman–Crippen MR) is 272 cm³/mol. The van der Waals surface area contributed by atoms with E-state index in [-0.39, 0.29) is 114 Å². The molecule has 1 heterocycles. The highest BCUT2D eigenvalue weighted by Crippen LogP contribution is 2.23. The van der Waals surface area contributed by atoms with Crippen molar-refractivity contribution >= 4 is 41.2 Å². The Balaban J connectivity index is 2.69. The zero-order valence-electron chi connectivity index (χ0n) is 44.2. The maximum absolute atomic E-state index is 13.5. The second-order valence-electron chi connectivity index (χ2n) is 19.0. The Bertz CT molecular complexity index is 1520. The number of aliphatic hydroxyl groups is 3. The molecule has 424 valence electrons. The number of ether oxygens (including phenoxy) is 5. The number of Topliss-reactive ketones (excluding diaryl/α,β-unsaturated/α-hetero) is 1. The molecule has 1 rings (SSSR count). The molecule has 6 amide bonds. The lowest BCUT2D eigenvalue weighted by molar-refractivity contribution is -0.270. The minimum absolute atomic E-state index is 0.000159. The average Bonchev–Trinajstić information content (AvgIpc) is 3.35. The predicted octanol–water partition coefficient (Wildman–Crippen LogP) is -0.129. The highest BCUT2D eigenvalue weighted by molar-refractivity contribution is 5.80. The van der Waals surface area contributed by atoms with Crippen LogP contribution < -0.4 is 43.4 Å². The number of hydrogen-bond acceptors (Lipinski definition) is 17. The van der Waals surface area contributed by atoms with Crippen LogP contribution in [0.15, 0.2) is 0 Å². The third-order valence-corrected chi connectivity index (χ3v) is 11.9. The van der Waals surface area contributed by atoms with Crippen LogP contribution in [0.25, 0.3) is 0 Å². The number of carbonyl (C=O) groups is 7. The average molecular weight is 1050 g/mol. The maximum atomic E-state index is 13.5. The van der Waals surface area contributed by atoms with E-state index in [0.717, 1.165) is 44.9 Å². The molecule has 0 saturated carbocycles. The lowest BCUT2D eigenvalue weighted by atomic mass is 9.97. The normalized spacial score (nSPS) is 17.7. The summed E-state index contributed by atoms with van der Waals surface area (Å²) >= 11 is 0. The largest absolute Gasteiger partial charge is 0.394 e. The fourth-order valence-corrected chi connectivity index (χ4v) is 7.58. The highest BCUT2D eigenvalue weighted by Gasteiger charge is 2.45. The van der Waals surface area contributed by atoms with Gasteiger partial charge in [0.2, 0.25) is 35.4 Å². The molecule has 0 aromatic rings. The molecule has 23 heteroatoms. The van der Waals surface area contributed by atoms with Gasteiger partial charge >= 0.3 is 0 Å². The summed E-state index contributed by atoms with van der Waals surface area (Å²) in [5.41, 5.74) is 9.85. The molecule has 3 unspecified atom stereocenters. The number of nitrogens with one attached hydrogen (secondary N) is 6. The van der Waals surface area contributed by atoms with Gasteiger partial charge in [-0.05, 0) is 58.0 Å². The quantitative estimate of drug-likeness (QED) is 0.0354. The van der Waals surface area contributed by atoms with Crippen LogP contribution in [0.5, 0.6) is 0 Å². The van der Waals surface area contributed by atoms with Crippen LogP contribution in [0, 0.1) is 5.92 Å². The number of unbranched alkanes of at least 4 members (excludes halogenated alkanes) is 8. The van der Waals surface area contributed by atoms with Gasteiger partial charge in [0, 0.05) is 84.2 Å². The summed E-state index contributed by atoms with van der Waals surface area (Å²) in [7, 11) is 0. The van der Waals surface area contributed by atoms with Crippen molar-refractivity contribution in [2.45, 2.75) is 179 Å². The minimum Gasteiger partial charge on any atom is -0.394 e. The Labute approximate surface area is 433 Å². The molecule has 23 nitrogen and oxygen atoms in total. The zero-order chi connectivity index (χ0) is 54.1. The fraction of sp³-hybridized carbons (Fsp3) is 0.860. The monoisotopic (exact) mass is 1050 g/mol. The van der Waals surface area contributed by atoms with Crippen LogP contribution in [0.1, 0.15) is 143 Å². The van der Waals surface area contributed by atoms with E-state index in [0.29, 0.717) is 90.0 Å². The van der Waals surface area contributed by atoms with Gasteiger partial charge in [0.15, 0.2) is 6.29 Å². The number of rotatable bonds is 46. The van der Waals surface area contributed by atoms with E-state index in [1.807, 2.05) is 13.8 Å². The number of hydrogen-bond donors (Lipinski definition) is 11. The highest BCUT2D eigenvalue weighted by atomic mass is 16.7. The number of nitrogens with two attached hydrogens (primary N) is 2. The first kappa shape index (κ1) is 67.1. The van der Waals surface area contributed by atoms with Gasteiger partial charge < -0.3 is 82.4 Å². The number of carbonyl (C=O) groups excluding carboxylic acids is 7. The summed E-state index contributed by atoms with van der Waals surface area (Å²) in [6, 6.07) is -1.05. The molecule has 1 saturated heterocycles. The van der Waals surface area contributed by atoms with Crippen LogP contribution in [0.4, 0.5) is 0 Å². The second-order valence-corrected chi connectivity index (χ2v) is 19.0. The smallest absolute Gasteiger partial charge is 0.222 e. The van der Waals surface area contributed by atoms with E-state index in [1.165, 1.54) is 6.92 Å². The second kappa shape index (κ2) is 42.3. The van der Waals surface area contributed by atoms with Gasteiger partial charge in [0.1, 0.15) is 35.7 Å². The van der Waals surface area contributed by atoms with Crippen LogP contribution in [-0.4, -0.2) is 185 Å². The van der Waals surface area contributed by atoms with E-state index in [1.54, 1.807) is 0 Å². The summed E-state index contributed by atoms with van der Waals surface area (Å²) in [5, 5.41) is 46.8. The Morgan fingerprint density at radius 2 is 0.973 bits per heavy atom. The summed E-state index contributed by atoms with van der Waals surface area (Å²) in [6.45, 7) is 6.90. The number of ketones is 1.